The van der Waals surface area contributed by atoms with E-state index in [1.54, 1.807) is 0 Å². The van der Waals surface area contributed by atoms with Crippen molar-refractivity contribution in [3.8, 4) is 0 Å². The van der Waals surface area contributed by atoms with Gasteiger partial charge in [0, 0.05) is 48.5 Å². The SMILES string of the molecule is C.C.C=C(C)C(=O)OCCOC(=O)CCN(CCC(=O)OCCOC(=O)C(=C)C)CC[Si](C)(C)O[Si](C)(C)CCN(CCC(=O)OCCOC(=O)C(=C)C)CCC(=O)OCCOC(=O)C(=C)C. The molecule has 0 bridgehead atoms. The molecule has 0 saturated heterocycles. The molecular weight excluding hydrogens is 909 g/mol. The van der Waals surface area contributed by atoms with Crippen molar-refractivity contribution in [2.45, 2.75) is 107 Å². The third kappa shape index (κ3) is 35.8. The van der Waals surface area contributed by atoms with Crippen LogP contribution in [0.1, 0.15) is 68.2 Å². The van der Waals surface area contributed by atoms with Crippen molar-refractivity contribution in [3.63, 3.8) is 0 Å². The molecule has 0 atom stereocenters. The average molecular weight is 989 g/mol. The van der Waals surface area contributed by atoms with E-state index in [0.29, 0.717) is 25.2 Å². The van der Waals surface area contributed by atoms with Crippen molar-refractivity contribution in [2.24, 2.45) is 0 Å². The Labute approximate surface area is 400 Å². The lowest BCUT2D eigenvalue weighted by molar-refractivity contribution is -0.151. The molecule has 0 aromatic heterocycles. The first-order valence-electron chi connectivity index (χ1n) is 21.4. The van der Waals surface area contributed by atoms with E-state index in [0.717, 1.165) is 0 Å². The first kappa shape index (κ1) is 66.3. The summed E-state index contributed by atoms with van der Waals surface area (Å²) in [6.45, 7) is 29.5. The maximum Gasteiger partial charge on any atom is 0.333 e. The van der Waals surface area contributed by atoms with Gasteiger partial charge in [0.2, 0.25) is 0 Å². The summed E-state index contributed by atoms with van der Waals surface area (Å²) >= 11 is 0. The summed E-state index contributed by atoms with van der Waals surface area (Å²) in [6, 6.07) is 1.29. The van der Waals surface area contributed by atoms with E-state index in [4.69, 9.17) is 42.0 Å². The van der Waals surface area contributed by atoms with E-state index in [1.165, 1.54) is 27.7 Å². The zero-order valence-electron chi connectivity index (χ0n) is 39.8. The average Bonchev–Trinajstić information content (AvgIpc) is 3.22. The molecule has 384 valence electrons. The zero-order valence-corrected chi connectivity index (χ0v) is 41.8. The molecule has 19 nitrogen and oxygen atoms in total. The fourth-order valence-electron chi connectivity index (χ4n) is 5.31. The Balaban J connectivity index is -0.0000205. The van der Waals surface area contributed by atoms with Crippen LogP contribution in [0.15, 0.2) is 48.6 Å². The molecule has 0 saturated carbocycles. The Hall–Kier alpha value is -4.97. The second-order valence-electron chi connectivity index (χ2n) is 16.4. The number of carbonyl (C=O) groups is 8. The molecule has 0 aromatic rings. The lowest BCUT2D eigenvalue weighted by Crippen LogP contribution is -2.48. The molecule has 0 spiro atoms. The van der Waals surface area contributed by atoms with Gasteiger partial charge in [0.1, 0.15) is 52.9 Å². The minimum atomic E-state index is -2.39. The molecule has 0 heterocycles. The predicted molar refractivity (Wildman–Crippen MR) is 257 cm³/mol. The Morgan fingerprint density at radius 1 is 0.358 bits per heavy atom. The van der Waals surface area contributed by atoms with E-state index in [2.05, 4.69) is 52.5 Å². The zero-order chi connectivity index (χ0) is 49.6. The number of carbonyl (C=O) groups excluding carboxylic acids is 8. The number of ether oxygens (including phenoxy) is 8. The van der Waals surface area contributed by atoms with E-state index in [9.17, 15) is 38.4 Å². The first-order valence-corrected chi connectivity index (χ1v) is 27.6. The molecule has 0 N–H and O–H groups in total. The third-order valence-corrected chi connectivity index (χ3v) is 16.1. The van der Waals surface area contributed by atoms with Gasteiger partial charge in [0.25, 0.3) is 0 Å². The fraction of sp³-hybridized carbons (Fsp3) is 0.652. The van der Waals surface area contributed by atoms with E-state index < -0.39 is 64.4 Å². The molecule has 0 amide bonds. The van der Waals surface area contributed by atoms with Gasteiger partial charge in [-0.1, -0.05) is 41.2 Å². The second-order valence-corrected chi connectivity index (χ2v) is 25.2. The summed E-state index contributed by atoms with van der Waals surface area (Å²) in [7, 11) is -4.78. The van der Waals surface area contributed by atoms with Gasteiger partial charge in [-0.3, -0.25) is 19.2 Å². The van der Waals surface area contributed by atoms with Crippen LogP contribution >= 0.6 is 0 Å². The van der Waals surface area contributed by atoms with Gasteiger partial charge in [-0.2, -0.15) is 0 Å². The van der Waals surface area contributed by atoms with Crippen molar-refractivity contribution < 1.29 is 80.4 Å². The molecule has 0 fully saturated rings. The van der Waals surface area contributed by atoms with Gasteiger partial charge in [0.15, 0.2) is 16.6 Å². The predicted octanol–water partition coefficient (Wildman–Crippen LogP) is 5.50. The highest BCUT2D eigenvalue weighted by atomic mass is 28.4. The van der Waals surface area contributed by atoms with Crippen LogP contribution < -0.4 is 0 Å². The van der Waals surface area contributed by atoms with Gasteiger partial charge >= 0.3 is 47.8 Å². The molecule has 0 aromatic carbocycles. The number of esters is 8. The molecule has 0 aliphatic heterocycles. The van der Waals surface area contributed by atoms with Gasteiger partial charge < -0.3 is 51.8 Å². The Morgan fingerprint density at radius 2 is 0.552 bits per heavy atom. The van der Waals surface area contributed by atoms with Crippen molar-refractivity contribution >= 4 is 64.4 Å². The number of nitrogens with zero attached hydrogens (tertiary/aromatic N) is 2. The van der Waals surface area contributed by atoms with Gasteiger partial charge in [-0.15, -0.1) is 0 Å². The minimum Gasteiger partial charge on any atom is -0.462 e. The number of rotatable bonds is 36. The molecule has 0 unspecified atom stereocenters. The first-order chi connectivity index (χ1) is 30.3. The molecule has 0 aliphatic carbocycles. The quantitative estimate of drug-likeness (QED) is 0.0248. The van der Waals surface area contributed by atoms with Gasteiger partial charge in [-0.05, 0) is 79.1 Å². The highest BCUT2D eigenvalue weighted by molar-refractivity contribution is 6.84. The lowest BCUT2D eigenvalue weighted by Gasteiger charge is -2.36. The summed E-state index contributed by atoms with van der Waals surface area (Å²) in [5, 5.41) is 0. The van der Waals surface area contributed by atoms with Gasteiger partial charge in [-0.25, -0.2) is 19.2 Å². The number of hydrogen-bond acceptors (Lipinski definition) is 19. The van der Waals surface area contributed by atoms with Crippen molar-refractivity contribution in [1.29, 1.82) is 0 Å². The summed E-state index contributed by atoms with van der Waals surface area (Å²) in [6.07, 6.45) is 0.0209. The van der Waals surface area contributed by atoms with E-state index in [1.807, 2.05) is 9.80 Å². The summed E-state index contributed by atoms with van der Waals surface area (Å²) < 4.78 is 47.7. The molecule has 0 aliphatic rings. The van der Waals surface area contributed by atoms with E-state index >= 15 is 0 Å². The largest absolute Gasteiger partial charge is 0.462 e. The van der Waals surface area contributed by atoms with Crippen LogP contribution in [-0.4, -0.2) is 166 Å². The molecule has 0 radical (unpaired) electrons. The Bertz CT molecular complexity index is 1450. The van der Waals surface area contributed by atoms with Crippen molar-refractivity contribution in [3.05, 3.63) is 48.6 Å². The Morgan fingerprint density at radius 3 is 0.746 bits per heavy atom. The summed E-state index contributed by atoms with van der Waals surface area (Å²) in [5.41, 5.74) is 0.904. The second kappa shape index (κ2) is 36.1. The molecule has 0 rings (SSSR count). The fourth-order valence-corrected chi connectivity index (χ4v) is 13.8. The smallest absolute Gasteiger partial charge is 0.333 e. The standard InChI is InChI=1S/C44H72N2O17Si2.2CH4/c1-33(2)41(51)59-27-23-55-37(47)13-17-45(18-14-38(48)56-24-28-60-42(52)34(3)4)21-31-64(9,10)63-65(11,12)32-22-46(19-15-39(49)57-25-29-61-43(53)35(5)6)20-16-40(50)58-26-30-62-44(54)36(7)8;;/h1,3,5,7,13-32H2,2,4,6,8-12H3;2*1H4. The highest BCUT2D eigenvalue weighted by Gasteiger charge is 2.34. The van der Waals surface area contributed by atoms with Crippen molar-refractivity contribution in [2.75, 3.05) is 92.1 Å². The van der Waals surface area contributed by atoms with Crippen LogP contribution in [0.2, 0.25) is 38.3 Å². The highest BCUT2D eigenvalue weighted by Crippen LogP contribution is 2.23. The van der Waals surface area contributed by atoms with Crippen LogP contribution in [0.25, 0.3) is 0 Å². The van der Waals surface area contributed by atoms with Crippen LogP contribution in [0, 0.1) is 0 Å². The van der Waals surface area contributed by atoms with Crippen molar-refractivity contribution in [1.82, 2.24) is 9.80 Å². The monoisotopic (exact) mass is 988 g/mol. The van der Waals surface area contributed by atoms with Crippen LogP contribution in [0.5, 0.6) is 0 Å². The molecule has 21 heteroatoms. The van der Waals surface area contributed by atoms with E-state index in [-0.39, 0.29) is 142 Å². The number of hydrogen-bond donors (Lipinski definition) is 0. The maximum absolute atomic E-state index is 12.6. The third-order valence-electron chi connectivity index (χ3n) is 8.85. The van der Waals surface area contributed by atoms with Gasteiger partial charge in [0.05, 0.1) is 25.7 Å². The van der Waals surface area contributed by atoms with Crippen LogP contribution in [-0.2, 0) is 80.4 Å². The molecule has 67 heavy (non-hydrogen) atoms. The minimum absolute atomic E-state index is 0. The van der Waals surface area contributed by atoms with Crippen LogP contribution in [0.4, 0.5) is 0 Å². The topological polar surface area (TPSA) is 226 Å². The lowest BCUT2D eigenvalue weighted by atomic mass is 10.3. The summed E-state index contributed by atoms with van der Waals surface area (Å²) in [5.74, 6) is -4.39. The maximum atomic E-state index is 12.6. The summed E-state index contributed by atoms with van der Waals surface area (Å²) in [4.78, 5) is 101. The molecular formula is C46H80N2O17Si2. The van der Waals surface area contributed by atoms with Crippen LogP contribution in [0.3, 0.4) is 0 Å². The Kier molecular flexibility index (Phi) is 35.8. The normalized spacial score (nSPS) is 10.9.